The second kappa shape index (κ2) is 7.97. The largest absolute Gasteiger partial charge is 0.452 e. The third kappa shape index (κ3) is 4.23. The van der Waals surface area contributed by atoms with Crippen LogP contribution in [0.4, 0.5) is 0 Å². The molecule has 0 bridgehead atoms. The molecule has 24 heavy (non-hydrogen) atoms. The molecule has 1 aromatic heterocycles. The van der Waals surface area contributed by atoms with Gasteiger partial charge in [-0.15, -0.1) is 0 Å². The number of aryl methyl sites for hydroxylation is 2. The molecule has 0 atom stereocenters. The Hall–Kier alpha value is -3.07. The van der Waals surface area contributed by atoms with Crippen LogP contribution < -0.4 is 5.32 Å². The molecule has 2 rings (SSSR count). The summed E-state index contributed by atoms with van der Waals surface area (Å²) in [4.78, 5) is 23.4. The van der Waals surface area contributed by atoms with Gasteiger partial charge in [0.2, 0.25) is 0 Å². The lowest BCUT2D eigenvalue weighted by molar-refractivity contribution is -0.124. The molecule has 0 saturated carbocycles. The third-order valence-electron chi connectivity index (χ3n) is 3.53. The highest BCUT2D eigenvalue weighted by Gasteiger charge is 2.11. The number of carbonyl (C=O) groups is 2. The van der Waals surface area contributed by atoms with Crippen molar-refractivity contribution >= 4 is 11.9 Å². The summed E-state index contributed by atoms with van der Waals surface area (Å²) >= 11 is 0. The summed E-state index contributed by atoms with van der Waals surface area (Å²) < 4.78 is 7.04. The van der Waals surface area contributed by atoms with Crippen molar-refractivity contribution in [1.82, 2.24) is 9.88 Å². The number of benzene rings is 1. The van der Waals surface area contributed by atoms with Gasteiger partial charge in [-0.25, -0.2) is 4.79 Å². The van der Waals surface area contributed by atoms with E-state index in [-0.39, 0.29) is 19.6 Å². The zero-order chi connectivity index (χ0) is 17.5. The first-order valence-corrected chi connectivity index (χ1v) is 7.59. The van der Waals surface area contributed by atoms with Gasteiger partial charge in [0.1, 0.15) is 0 Å². The van der Waals surface area contributed by atoms with Crippen LogP contribution in [0.5, 0.6) is 0 Å². The van der Waals surface area contributed by atoms with Crippen LogP contribution >= 0.6 is 0 Å². The Morgan fingerprint density at radius 3 is 2.33 bits per heavy atom. The van der Waals surface area contributed by atoms with Gasteiger partial charge < -0.3 is 14.6 Å². The van der Waals surface area contributed by atoms with Crippen LogP contribution in [0.2, 0.25) is 0 Å². The Balaban J connectivity index is 1.95. The smallest absolute Gasteiger partial charge is 0.338 e. The average molecular weight is 325 g/mol. The van der Waals surface area contributed by atoms with Gasteiger partial charge >= 0.3 is 5.97 Å². The van der Waals surface area contributed by atoms with Crippen LogP contribution in [0.1, 0.15) is 28.2 Å². The molecule has 0 unspecified atom stereocenters. The SMILES string of the molecule is Cc1ccc(C)n1-c1ccc(C(=O)OCC(=O)NCCC#N)cc1. The van der Waals surface area contributed by atoms with Crippen molar-refractivity contribution in [3.63, 3.8) is 0 Å². The van der Waals surface area contributed by atoms with Gasteiger partial charge in [-0.1, -0.05) is 0 Å². The van der Waals surface area contributed by atoms with E-state index < -0.39 is 11.9 Å². The van der Waals surface area contributed by atoms with Gasteiger partial charge in [-0.3, -0.25) is 4.79 Å². The second-order valence-corrected chi connectivity index (χ2v) is 5.33. The maximum atomic E-state index is 11.9. The van der Waals surface area contributed by atoms with Crippen LogP contribution in [0.25, 0.3) is 5.69 Å². The molecule has 6 nitrogen and oxygen atoms in total. The fourth-order valence-corrected chi connectivity index (χ4v) is 2.35. The number of aromatic nitrogens is 1. The number of amides is 1. The predicted molar refractivity (Wildman–Crippen MR) is 88.8 cm³/mol. The van der Waals surface area contributed by atoms with Crippen LogP contribution in [0, 0.1) is 25.2 Å². The van der Waals surface area contributed by atoms with Gasteiger partial charge in [0, 0.05) is 23.6 Å². The number of esters is 1. The van der Waals surface area contributed by atoms with Crippen molar-refractivity contribution in [2.24, 2.45) is 0 Å². The molecule has 1 heterocycles. The van der Waals surface area contributed by atoms with Gasteiger partial charge in [0.25, 0.3) is 5.91 Å². The first kappa shape index (κ1) is 17.3. The first-order valence-electron chi connectivity index (χ1n) is 7.59. The number of nitriles is 1. The van der Waals surface area contributed by atoms with Gasteiger partial charge in [0.05, 0.1) is 18.1 Å². The van der Waals surface area contributed by atoms with Crippen molar-refractivity contribution in [1.29, 1.82) is 5.26 Å². The summed E-state index contributed by atoms with van der Waals surface area (Å²) in [6.45, 7) is 3.92. The molecule has 0 aliphatic carbocycles. The summed E-state index contributed by atoms with van der Waals surface area (Å²) in [6.07, 6.45) is 0.222. The molecule has 1 N–H and O–H groups in total. The standard InChI is InChI=1S/C18H19N3O3/c1-13-4-5-14(2)21(13)16-8-6-15(7-9-16)18(23)24-12-17(22)20-11-3-10-19/h4-9H,3,11-12H2,1-2H3,(H,20,22). The molecule has 1 aromatic carbocycles. The summed E-state index contributed by atoms with van der Waals surface area (Å²) in [5, 5.41) is 10.9. The average Bonchev–Trinajstić information content (AvgIpc) is 2.92. The molecule has 6 heteroatoms. The lowest BCUT2D eigenvalue weighted by Crippen LogP contribution is -2.29. The zero-order valence-corrected chi connectivity index (χ0v) is 13.7. The predicted octanol–water partition coefficient (Wildman–Crippen LogP) is 2.28. The van der Waals surface area contributed by atoms with E-state index >= 15 is 0 Å². The van der Waals surface area contributed by atoms with Crippen LogP contribution in [0.3, 0.4) is 0 Å². The van der Waals surface area contributed by atoms with E-state index in [0.717, 1.165) is 17.1 Å². The summed E-state index contributed by atoms with van der Waals surface area (Å²) in [7, 11) is 0. The van der Waals surface area contributed by atoms with E-state index in [1.165, 1.54) is 0 Å². The number of nitrogens with one attached hydrogen (secondary N) is 1. The van der Waals surface area contributed by atoms with Gasteiger partial charge in [-0.05, 0) is 50.2 Å². The zero-order valence-electron chi connectivity index (χ0n) is 13.7. The first-order chi connectivity index (χ1) is 11.5. The van der Waals surface area contributed by atoms with Crippen LogP contribution in [-0.2, 0) is 9.53 Å². The Morgan fingerprint density at radius 1 is 1.12 bits per heavy atom. The van der Waals surface area contributed by atoms with Crippen molar-refractivity contribution in [2.75, 3.05) is 13.2 Å². The molecular weight excluding hydrogens is 306 g/mol. The monoisotopic (exact) mass is 325 g/mol. The van der Waals surface area contributed by atoms with Crippen molar-refractivity contribution < 1.29 is 14.3 Å². The molecule has 0 radical (unpaired) electrons. The van der Waals surface area contributed by atoms with E-state index in [1.807, 2.05) is 44.2 Å². The Labute approximate surface area is 140 Å². The minimum absolute atomic E-state index is 0.222. The molecule has 0 aliphatic rings. The molecule has 0 fully saturated rings. The molecule has 0 aliphatic heterocycles. The normalized spacial score (nSPS) is 10.0. The lowest BCUT2D eigenvalue weighted by atomic mass is 10.2. The number of hydrogen-bond donors (Lipinski definition) is 1. The minimum atomic E-state index is -0.557. The van der Waals surface area contributed by atoms with E-state index in [2.05, 4.69) is 9.88 Å². The molecule has 1 amide bonds. The topological polar surface area (TPSA) is 84.1 Å². The van der Waals surface area contributed by atoms with Crippen molar-refractivity contribution in [3.8, 4) is 11.8 Å². The quantitative estimate of drug-likeness (QED) is 0.652. The third-order valence-corrected chi connectivity index (χ3v) is 3.53. The highest BCUT2D eigenvalue weighted by molar-refractivity contribution is 5.91. The molecule has 0 saturated heterocycles. The highest BCUT2D eigenvalue weighted by Crippen LogP contribution is 2.17. The highest BCUT2D eigenvalue weighted by atomic mass is 16.5. The van der Waals surface area contributed by atoms with E-state index in [9.17, 15) is 9.59 Å². The van der Waals surface area contributed by atoms with Crippen LogP contribution in [-0.4, -0.2) is 29.6 Å². The summed E-state index contributed by atoms with van der Waals surface area (Å²) in [5.74, 6) is -0.980. The van der Waals surface area contributed by atoms with Crippen molar-refractivity contribution in [3.05, 3.63) is 53.3 Å². The Kier molecular flexibility index (Phi) is 5.74. The molecule has 0 spiro atoms. The van der Waals surface area contributed by atoms with E-state index in [1.54, 1.807) is 12.1 Å². The number of rotatable bonds is 6. The minimum Gasteiger partial charge on any atom is -0.452 e. The number of ether oxygens (including phenoxy) is 1. The maximum absolute atomic E-state index is 11.9. The molecular formula is C18H19N3O3. The number of carbonyl (C=O) groups excluding carboxylic acids is 2. The fourth-order valence-electron chi connectivity index (χ4n) is 2.35. The number of nitrogens with zero attached hydrogens (tertiary/aromatic N) is 2. The van der Waals surface area contributed by atoms with Gasteiger partial charge in [-0.2, -0.15) is 5.26 Å². The molecule has 2 aromatic rings. The lowest BCUT2D eigenvalue weighted by Gasteiger charge is -2.10. The van der Waals surface area contributed by atoms with E-state index in [4.69, 9.17) is 10.00 Å². The maximum Gasteiger partial charge on any atom is 0.338 e. The summed E-state index contributed by atoms with van der Waals surface area (Å²) in [5.41, 5.74) is 3.56. The van der Waals surface area contributed by atoms with Gasteiger partial charge in [0.15, 0.2) is 6.61 Å². The van der Waals surface area contributed by atoms with Crippen LogP contribution in [0.15, 0.2) is 36.4 Å². The Bertz CT molecular complexity index is 750. The van der Waals surface area contributed by atoms with Crippen molar-refractivity contribution in [2.45, 2.75) is 20.3 Å². The second-order valence-electron chi connectivity index (χ2n) is 5.33. The Morgan fingerprint density at radius 2 is 1.75 bits per heavy atom. The fraction of sp³-hybridized carbons (Fsp3) is 0.278. The van der Waals surface area contributed by atoms with E-state index in [0.29, 0.717) is 5.56 Å². The number of hydrogen-bond acceptors (Lipinski definition) is 4. The summed E-state index contributed by atoms with van der Waals surface area (Å²) in [6, 6.07) is 13.0. The molecule has 124 valence electrons.